The van der Waals surface area contributed by atoms with Gasteiger partial charge >= 0.3 is 0 Å². The number of carbonyl (C=O) groups is 2. The van der Waals surface area contributed by atoms with Crippen LogP contribution in [0, 0.1) is 0 Å². The highest BCUT2D eigenvalue weighted by Crippen LogP contribution is 2.07. The summed E-state index contributed by atoms with van der Waals surface area (Å²) in [6.45, 7) is 0.587. The first kappa shape index (κ1) is 11.7. The van der Waals surface area contributed by atoms with Crippen LogP contribution in [0.5, 0.6) is 0 Å². The number of thiophene rings is 1. The summed E-state index contributed by atoms with van der Waals surface area (Å²) in [5, 5.41) is 4.64. The molecule has 0 spiro atoms. The van der Waals surface area contributed by atoms with Gasteiger partial charge in [-0.3, -0.25) is 9.59 Å². The molecule has 1 rings (SSSR count). The lowest BCUT2D eigenvalue weighted by atomic mass is 10.2. The lowest BCUT2D eigenvalue weighted by molar-refractivity contribution is -0.118. The molecule has 1 aromatic rings. The first-order chi connectivity index (χ1) is 7.20. The van der Waals surface area contributed by atoms with Gasteiger partial charge in [0.2, 0.25) is 5.91 Å². The molecule has 15 heavy (non-hydrogen) atoms. The van der Waals surface area contributed by atoms with Crippen molar-refractivity contribution in [3.63, 3.8) is 0 Å². The molecule has 0 bridgehead atoms. The molecule has 4 nitrogen and oxygen atoms in total. The van der Waals surface area contributed by atoms with E-state index in [4.69, 9.17) is 5.73 Å². The highest BCUT2D eigenvalue weighted by Gasteiger charge is 2.04. The van der Waals surface area contributed by atoms with Gasteiger partial charge in [-0.05, 0) is 24.3 Å². The minimum Gasteiger partial charge on any atom is -0.370 e. The molecular weight excluding hydrogens is 212 g/mol. The SMILES string of the molecule is NC(=O)CCCCNC(=O)c1cccs1. The zero-order valence-corrected chi connectivity index (χ0v) is 9.18. The molecule has 0 unspecified atom stereocenters. The highest BCUT2D eigenvalue weighted by molar-refractivity contribution is 7.12. The van der Waals surface area contributed by atoms with Crippen LogP contribution < -0.4 is 11.1 Å². The normalized spacial score (nSPS) is 9.87. The molecule has 0 aliphatic rings. The van der Waals surface area contributed by atoms with Gasteiger partial charge in [0.05, 0.1) is 4.88 Å². The van der Waals surface area contributed by atoms with Gasteiger partial charge in [-0.15, -0.1) is 11.3 Å². The van der Waals surface area contributed by atoms with Gasteiger partial charge in [0.1, 0.15) is 0 Å². The fourth-order valence-corrected chi connectivity index (χ4v) is 1.76. The summed E-state index contributed by atoms with van der Waals surface area (Å²) in [6.07, 6.45) is 1.88. The van der Waals surface area contributed by atoms with Crippen molar-refractivity contribution in [2.24, 2.45) is 5.73 Å². The van der Waals surface area contributed by atoms with Crippen LogP contribution in [-0.2, 0) is 4.79 Å². The topological polar surface area (TPSA) is 72.2 Å². The Kier molecular flexibility index (Phi) is 4.83. The molecule has 82 valence electrons. The summed E-state index contributed by atoms with van der Waals surface area (Å²) in [4.78, 5) is 22.5. The molecule has 5 heteroatoms. The Morgan fingerprint density at radius 2 is 2.20 bits per heavy atom. The molecule has 1 aromatic heterocycles. The largest absolute Gasteiger partial charge is 0.370 e. The van der Waals surface area contributed by atoms with Crippen LogP contribution in [0.4, 0.5) is 0 Å². The predicted molar refractivity (Wildman–Crippen MR) is 59.7 cm³/mol. The summed E-state index contributed by atoms with van der Waals surface area (Å²) >= 11 is 1.41. The average Bonchev–Trinajstić information content (AvgIpc) is 2.69. The standard InChI is InChI=1S/C10H14N2O2S/c11-9(13)5-1-2-6-12-10(14)8-4-3-7-15-8/h3-4,7H,1-2,5-6H2,(H2,11,13)(H,12,14). The third-order valence-corrected chi connectivity index (χ3v) is 2.75. The second kappa shape index (κ2) is 6.19. The number of unbranched alkanes of at least 4 members (excludes halogenated alkanes) is 1. The molecule has 0 aromatic carbocycles. The van der Waals surface area contributed by atoms with E-state index in [0.717, 1.165) is 12.8 Å². The minimum atomic E-state index is -0.292. The highest BCUT2D eigenvalue weighted by atomic mass is 32.1. The predicted octanol–water partition coefficient (Wildman–Crippen LogP) is 1.13. The first-order valence-corrected chi connectivity index (χ1v) is 5.68. The maximum atomic E-state index is 11.4. The van der Waals surface area contributed by atoms with Gasteiger partial charge < -0.3 is 11.1 Å². The summed E-state index contributed by atoms with van der Waals surface area (Å²) in [5.74, 6) is -0.344. The molecule has 1 heterocycles. The van der Waals surface area contributed by atoms with Crippen molar-refractivity contribution in [2.45, 2.75) is 19.3 Å². The zero-order chi connectivity index (χ0) is 11.1. The summed E-state index contributed by atoms with van der Waals surface area (Å²) in [6, 6.07) is 3.62. The average molecular weight is 226 g/mol. The zero-order valence-electron chi connectivity index (χ0n) is 8.36. The molecule has 3 N–H and O–H groups in total. The number of nitrogens with two attached hydrogens (primary N) is 1. The van der Waals surface area contributed by atoms with E-state index in [2.05, 4.69) is 5.32 Å². The Labute approximate surface area is 92.5 Å². The second-order valence-corrected chi connectivity index (χ2v) is 4.10. The van der Waals surface area contributed by atoms with Crippen molar-refractivity contribution in [3.8, 4) is 0 Å². The lowest BCUT2D eigenvalue weighted by Crippen LogP contribution is -2.23. The third-order valence-electron chi connectivity index (χ3n) is 1.88. The Morgan fingerprint density at radius 3 is 2.80 bits per heavy atom. The Bertz CT molecular complexity index is 322. The van der Waals surface area contributed by atoms with E-state index in [1.54, 1.807) is 6.07 Å². The van der Waals surface area contributed by atoms with Crippen molar-refractivity contribution >= 4 is 23.2 Å². The number of primary amides is 1. The fourth-order valence-electron chi connectivity index (χ4n) is 1.12. The third kappa shape index (κ3) is 4.60. The van der Waals surface area contributed by atoms with Crippen LogP contribution in [0.25, 0.3) is 0 Å². The van der Waals surface area contributed by atoms with Gasteiger partial charge in [0.15, 0.2) is 0 Å². The smallest absolute Gasteiger partial charge is 0.261 e. The summed E-state index contributed by atoms with van der Waals surface area (Å²) < 4.78 is 0. The van der Waals surface area contributed by atoms with E-state index in [1.807, 2.05) is 11.4 Å². The monoisotopic (exact) mass is 226 g/mol. The van der Waals surface area contributed by atoms with Crippen molar-refractivity contribution in [3.05, 3.63) is 22.4 Å². The molecule has 0 aliphatic heterocycles. The maximum absolute atomic E-state index is 11.4. The van der Waals surface area contributed by atoms with E-state index in [1.165, 1.54) is 11.3 Å². The van der Waals surface area contributed by atoms with E-state index in [9.17, 15) is 9.59 Å². The molecule has 0 saturated heterocycles. The van der Waals surface area contributed by atoms with Gasteiger partial charge in [-0.2, -0.15) is 0 Å². The van der Waals surface area contributed by atoms with Crippen LogP contribution in [0.1, 0.15) is 28.9 Å². The van der Waals surface area contributed by atoms with Crippen LogP contribution in [-0.4, -0.2) is 18.4 Å². The molecular formula is C10H14N2O2S. The Hall–Kier alpha value is -1.36. The molecule has 0 aliphatic carbocycles. The Balaban J connectivity index is 2.10. The quantitative estimate of drug-likeness (QED) is 0.714. The van der Waals surface area contributed by atoms with Gasteiger partial charge in [0.25, 0.3) is 5.91 Å². The molecule has 0 radical (unpaired) electrons. The number of rotatable bonds is 6. The van der Waals surface area contributed by atoms with E-state index in [-0.39, 0.29) is 11.8 Å². The van der Waals surface area contributed by atoms with Gasteiger partial charge in [-0.25, -0.2) is 0 Å². The van der Waals surface area contributed by atoms with Crippen LogP contribution in [0.2, 0.25) is 0 Å². The Morgan fingerprint density at radius 1 is 1.40 bits per heavy atom. The first-order valence-electron chi connectivity index (χ1n) is 4.80. The van der Waals surface area contributed by atoms with E-state index >= 15 is 0 Å². The molecule has 0 atom stereocenters. The molecule has 0 fully saturated rings. The number of hydrogen-bond donors (Lipinski definition) is 2. The van der Waals surface area contributed by atoms with E-state index in [0.29, 0.717) is 17.8 Å². The van der Waals surface area contributed by atoms with Crippen LogP contribution >= 0.6 is 11.3 Å². The van der Waals surface area contributed by atoms with Crippen molar-refractivity contribution in [2.75, 3.05) is 6.54 Å². The summed E-state index contributed by atoms with van der Waals surface area (Å²) in [5.41, 5.74) is 4.99. The number of carbonyl (C=O) groups excluding carboxylic acids is 2. The van der Waals surface area contributed by atoms with Crippen LogP contribution in [0.15, 0.2) is 17.5 Å². The van der Waals surface area contributed by atoms with Crippen molar-refractivity contribution in [1.29, 1.82) is 0 Å². The van der Waals surface area contributed by atoms with Crippen molar-refractivity contribution in [1.82, 2.24) is 5.32 Å². The number of amides is 2. The van der Waals surface area contributed by atoms with Crippen LogP contribution in [0.3, 0.4) is 0 Å². The maximum Gasteiger partial charge on any atom is 0.261 e. The molecule has 0 saturated carbocycles. The number of nitrogens with one attached hydrogen (secondary N) is 1. The minimum absolute atomic E-state index is 0.0518. The molecule has 2 amide bonds. The lowest BCUT2D eigenvalue weighted by Gasteiger charge is -2.02. The van der Waals surface area contributed by atoms with Gasteiger partial charge in [0, 0.05) is 13.0 Å². The van der Waals surface area contributed by atoms with E-state index < -0.39 is 0 Å². The fraction of sp³-hybridized carbons (Fsp3) is 0.400. The summed E-state index contributed by atoms with van der Waals surface area (Å²) in [7, 11) is 0. The second-order valence-electron chi connectivity index (χ2n) is 3.16. The number of hydrogen-bond acceptors (Lipinski definition) is 3. The van der Waals surface area contributed by atoms with Gasteiger partial charge in [-0.1, -0.05) is 6.07 Å². The van der Waals surface area contributed by atoms with Crippen molar-refractivity contribution < 1.29 is 9.59 Å².